The van der Waals surface area contributed by atoms with Crippen molar-refractivity contribution < 1.29 is 23.4 Å². The molecule has 1 aliphatic rings. The Kier molecular flexibility index (Phi) is 6.49. The zero-order chi connectivity index (χ0) is 22.5. The minimum Gasteiger partial charge on any atom is -0.496 e. The number of methoxy groups -OCH3 is 2. The molecule has 8 heteroatoms. The highest BCUT2D eigenvalue weighted by atomic mass is 19.1. The van der Waals surface area contributed by atoms with Gasteiger partial charge in [-0.05, 0) is 36.2 Å². The SMILES string of the molecule is COc1ccc(-c2cc(F)cc3c2O[C@H](CNC(=O)CCc2ccccc2OC)C3)nn1. The lowest BCUT2D eigenvalue weighted by Crippen LogP contribution is -2.34. The van der Waals surface area contributed by atoms with Crippen molar-refractivity contribution in [1.29, 1.82) is 0 Å². The number of ether oxygens (including phenoxy) is 3. The summed E-state index contributed by atoms with van der Waals surface area (Å²) >= 11 is 0. The second-order valence-electron chi connectivity index (χ2n) is 7.46. The number of amides is 1. The summed E-state index contributed by atoms with van der Waals surface area (Å²) in [6, 6.07) is 13.8. The lowest BCUT2D eigenvalue weighted by atomic mass is 10.0. The van der Waals surface area contributed by atoms with Crippen LogP contribution in [0.3, 0.4) is 0 Å². The number of benzene rings is 2. The second kappa shape index (κ2) is 9.64. The standard InChI is InChI=1S/C24H24FN3O4/c1-30-21-6-4-3-5-15(21)7-9-22(29)26-14-18-12-16-11-17(25)13-19(24(16)32-18)20-8-10-23(31-2)28-27-20/h3-6,8,10-11,13,18H,7,9,12,14H2,1-2H3,(H,26,29)/t18-/m0/s1. The number of hydrogen-bond donors (Lipinski definition) is 1. The first kappa shape index (κ1) is 21.5. The molecule has 166 valence electrons. The van der Waals surface area contributed by atoms with E-state index in [2.05, 4.69) is 15.5 Å². The summed E-state index contributed by atoms with van der Waals surface area (Å²) in [5.41, 5.74) is 2.74. The average molecular weight is 437 g/mol. The minimum atomic E-state index is -0.374. The summed E-state index contributed by atoms with van der Waals surface area (Å²) in [4.78, 5) is 12.4. The van der Waals surface area contributed by atoms with Crippen LogP contribution in [0, 0.1) is 5.82 Å². The smallest absolute Gasteiger partial charge is 0.233 e. The number of aryl methyl sites for hydroxylation is 1. The maximum Gasteiger partial charge on any atom is 0.233 e. The van der Waals surface area contributed by atoms with Crippen LogP contribution in [-0.2, 0) is 17.6 Å². The van der Waals surface area contributed by atoms with Gasteiger partial charge in [-0.1, -0.05) is 18.2 Å². The molecule has 7 nitrogen and oxygen atoms in total. The fraction of sp³-hybridized carbons (Fsp3) is 0.292. The molecule has 32 heavy (non-hydrogen) atoms. The van der Waals surface area contributed by atoms with Crippen molar-refractivity contribution in [2.24, 2.45) is 0 Å². The number of carbonyl (C=O) groups is 1. The van der Waals surface area contributed by atoms with E-state index in [1.54, 1.807) is 19.2 Å². The number of nitrogens with one attached hydrogen (secondary N) is 1. The van der Waals surface area contributed by atoms with E-state index in [0.29, 0.717) is 48.7 Å². The maximum absolute atomic E-state index is 14.2. The van der Waals surface area contributed by atoms with Gasteiger partial charge in [0, 0.05) is 30.0 Å². The fourth-order valence-electron chi connectivity index (χ4n) is 3.74. The Balaban J connectivity index is 1.37. The van der Waals surface area contributed by atoms with Gasteiger partial charge >= 0.3 is 0 Å². The third-order valence-corrected chi connectivity index (χ3v) is 5.33. The molecule has 0 spiro atoms. The van der Waals surface area contributed by atoms with Crippen molar-refractivity contribution in [3.63, 3.8) is 0 Å². The molecule has 2 aromatic carbocycles. The Labute approximate surface area is 185 Å². The van der Waals surface area contributed by atoms with Gasteiger partial charge in [-0.25, -0.2) is 4.39 Å². The molecule has 3 aromatic rings. The average Bonchev–Trinajstić information content (AvgIpc) is 3.23. The number of nitrogens with zero attached hydrogens (tertiary/aromatic N) is 2. The van der Waals surface area contributed by atoms with Gasteiger partial charge in [0.25, 0.3) is 0 Å². The van der Waals surface area contributed by atoms with Crippen molar-refractivity contribution >= 4 is 5.91 Å². The Morgan fingerprint density at radius 3 is 2.75 bits per heavy atom. The number of halogens is 1. The minimum absolute atomic E-state index is 0.0807. The van der Waals surface area contributed by atoms with Gasteiger partial charge in [0.1, 0.15) is 23.4 Å². The summed E-state index contributed by atoms with van der Waals surface area (Å²) in [5, 5.41) is 11.0. The molecular weight excluding hydrogens is 413 g/mol. The first-order chi connectivity index (χ1) is 15.6. The molecule has 1 aliphatic heterocycles. The zero-order valence-corrected chi connectivity index (χ0v) is 17.9. The van der Waals surface area contributed by atoms with Crippen LogP contribution >= 0.6 is 0 Å². The normalized spacial score (nSPS) is 14.4. The monoisotopic (exact) mass is 437 g/mol. The fourth-order valence-corrected chi connectivity index (χ4v) is 3.74. The van der Waals surface area contributed by atoms with Crippen LogP contribution in [0.1, 0.15) is 17.5 Å². The van der Waals surface area contributed by atoms with Gasteiger partial charge in [0.05, 0.1) is 26.5 Å². The summed E-state index contributed by atoms with van der Waals surface area (Å²) in [6.07, 6.45) is 1.12. The van der Waals surface area contributed by atoms with Gasteiger partial charge in [-0.3, -0.25) is 4.79 Å². The molecule has 0 bridgehead atoms. The molecule has 0 saturated heterocycles. The largest absolute Gasteiger partial charge is 0.496 e. The van der Waals surface area contributed by atoms with E-state index in [1.807, 2.05) is 24.3 Å². The lowest BCUT2D eigenvalue weighted by molar-refractivity contribution is -0.121. The van der Waals surface area contributed by atoms with Crippen LogP contribution < -0.4 is 19.5 Å². The topological polar surface area (TPSA) is 82.6 Å². The zero-order valence-electron chi connectivity index (χ0n) is 17.9. The van der Waals surface area contributed by atoms with Crippen LogP contribution in [0.25, 0.3) is 11.3 Å². The number of fused-ring (bicyclic) bond motifs is 1. The number of carbonyl (C=O) groups excluding carboxylic acids is 1. The number of aromatic nitrogens is 2. The number of hydrogen-bond acceptors (Lipinski definition) is 6. The molecule has 0 saturated carbocycles. The van der Waals surface area contributed by atoms with Gasteiger partial charge in [-0.15, -0.1) is 10.2 Å². The third kappa shape index (κ3) is 4.80. The van der Waals surface area contributed by atoms with Crippen LogP contribution in [0.4, 0.5) is 4.39 Å². The highest BCUT2D eigenvalue weighted by Crippen LogP contribution is 2.39. The third-order valence-electron chi connectivity index (χ3n) is 5.33. The summed E-state index contributed by atoms with van der Waals surface area (Å²) in [7, 11) is 3.12. The first-order valence-corrected chi connectivity index (χ1v) is 10.3. The first-order valence-electron chi connectivity index (χ1n) is 10.3. The molecule has 1 atom stereocenters. The maximum atomic E-state index is 14.2. The van der Waals surface area contributed by atoms with E-state index < -0.39 is 0 Å². The van der Waals surface area contributed by atoms with Crippen molar-refractivity contribution in [2.75, 3.05) is 20.8 Å². The molecule has 1 aromatic heterocycles. The van der Waals surface area contributed by atoms with Crippen molar-refractivity contribution in [3.05, 3.63) is 65.5 Å². The van der Waals surface area contributed by atoms with Gasteiger partial charge in [0.15, 0.2) is 0 Å². The quantitative estimate of drug-likeness (QED) is 0.582. The van der Waals surface area contributed by atoms with Crippen LogP contribution in [0.2, 0.25) is 0 Å². The highest BCUT2D eigenvalue weighted by molar-refractivity contribution is 5.76. The van der Waals surface area contributed by atoms with Crippen LogP contribution in [0.15, 0.2) is 48.5 Å². The molecule has 0 unspecified atom stereocenters. The Morgan fingerprint density at radius 2 is 2.00 bits per heavy atom. The predicted molar refractivity (Wildman–Crippen MR) is 116 cm³/mol. The van der Waals surface area contributed by atoms with Crippen molar-refractivity contribution in [3.8, 4) is 28.6 Å². The van der Waals surface area contributed by atoms with E-state index in [0.717, 1.165) is 16.9 Å². The summed E-state index contributed by atoms with van der Waals surface area (Å²) in [5.74, 6) is 1.26. The Bertz CT molecular complexity index is 1100. The van der Waals surface area contributed by atoms with E-state index in [4.69, 9.17) is 14.2 Å². The molecule has 0 fully saturated rings. The highest BCUT2D eigenvalue weighted by Gasteiger charge is 2.28. The second-order valence-corrected chi connectivity index (χ2v) is 7.46. The molecular formula is C24H24FN3O4. The Hall–Kier alpha value is -3.68. The summed E-state index contributed by atoms with van der Waals surface area (Å²) in [6.45, 7) is 0.328. The molecule has 4 rings (SSSR count). The molecule has 2 heterocycles. The molecule has 1 amide bonds. The van der Waals surface area contributed by atoms with E-state index >= 15 is 0 Å². The number of rotatable bonds is 8. The van der Waals surface area contributed by atoms with Gasteiger partial charge in [-0.2, -0.15) is 0 Å². The predicted octanol–water partition coefficient (Wildman–Crippen LogP) is 3.35. The van der Waals surface area contributed by atoms with Crippen molar-refractivity contribution in [1.82, 2.24) is 15.5 Å². The van der Waals surface area contributed by atoms with Gasteiger partial charge < -0.3 is 19.5 Å². The van der Waals surface area contributed by atoms with Crippen LogP contribution in [-0.4, -0.2) is 43.0 Å². The Morgan fingerprint density at radius 1 is 1.16 bits per heavy atom. The van der Waals surface area contributed by atoms with E-state index in [9.17, 15) is 9.18 Å². The number of para-hydroxylation sites is 1. The van der Waals surface area contributed by atoms with Crippen molar-refractivity contribution in [2.45, 2.75) is 25.4 Å². The lowest BCUT2D eigenvalue weighted by Gasteiger charge is -2.14. The summed E-state index contributed by atoms with van der Waals surface area (Å²) < 4.78 is 30.6. The molecule has 0 aliphatic carbocycles. The van der Waals surface area contributed by atoms with E-state index in [1.165, 1.54) is 19.2 Å². The van der Waals surface area contributed by atoms with Crippen LogP contribution in [0.5, 0.6) is 17.4 Å². The van der Waals surface area contributed by atoms with E-state index in [-0.39, 0.29) is 17.8 Å². The molecule has 0 radical (unpaired) electrons. The van der Waals surface area contributed by atoms with Gasteiger partial charge in [0.2, 0.25) is 11.8 Å². The molecule has 1 N–H and O–H groups in total.